The number of carbonyl (C=O) groups excluding carboxylic acids is 1. The third kappa shape index (κ3) is 2.75. The van der Waals surface area contributed by atoms with Crippen LogP contribution in [0, 0.1) is 11.3 Å². The number of aromatic nitrogens is 1. The molecule has 4 rings (SSSR count). The number of para-hydroxylation sites is 1. The van der Waals surface area contributed by atoms with Crippen LogP contribution in [0.5, 0.6) is 0 Å². The van der Waals surface area contributed by atoms with Gasteiger partial charge in [0.1, 0.15) is 5.54 Å². The van der Waals surface area contributed by atoms with E-state index in [0.717, 1.165) is 25.2 Å². The van der Waals surface area contributed by atoms with Gasteiger partial charge in [-0.3, -0.25) is 0 Å². The van der Waals surface area contributed by atoms with Crippen LogP contribution < -0.4 is 5.32 Å². The smallest absolute Gasteiger partial charge is 0.364 e. The van der Waals surface area contributed by atoms with Crippen molar-refractivity contribution in [2.24, 2.45) is 11.3 Å². The summed E-state index contributed by atoms with van der Waals surface area (Å²) >= 11 is 0. The molecule has 4 heteroatoms. The van der Waals surface area contributed by atoms with Crippen LogP contribution >= 0.6 is 0 Å². The number of aromatic amines is 1. The molecule has 0 amide bonds. The van der Waals surface area contributed by atoms with E-state index >= 15 is 0 Å². The summed E-state index contributed by atoms with van der Waals surface area (Å²) in [7, 11) is 1.50. The molecule has 1 atom stereocenters. The van der Waals surface area contributed by atoms with Gasteiger partial charge in [0.2, 0.25) is 0 Å². The van der Waals surface area contributed by atoms with Crippen molar-refractivity contribution in [3.8, 4) is 0 Å². The number of fused-ring (bicyclic) bond motifs is 4. The van der Waals surface area contributed by atoms with Gasteiger partial charge >= 0.3 is 5.97 Å². The Kier molecular flexibility index (Phi) is 4.14. The van der Waals surface area contributed by atoms with Gasteiger partial charge in [-0.2, -0.15) is 0 Å². The lowest BCUT2D eigenvalue weighted by atomic mass is 9.65. The highest BCUT2D eigenvalue weighted by atomic mass is 16.5. The third-order valence-electron chi connectivity index (χ3n) is 6.86. The van der Waals surface area contributed by atoms with Crippen molar-refractivity contribution < 1.29 is 14.8 Å². The van der Waals surface area contributed by atoms with Crippen molar-refractivity contribution in [2.75, 3.05) is 7.11 Å². The van der Waals surface area contributed by atoms with Gasteiger partial charge < -0.3 is 15.0 Å². The summed E-state index contributed by atoms with van der Waals surface area (Å²) in [5.41, 5.74) is 4.20. The fraction of sp³-hybridized carbons (Fsp3) is 0.591. The molecule has 0 saturated heterocycles. The van der Waals surface area contributed by atoms with E-state index in [1.165, 1.54) is 42.1 Å². The number of esters is 1. The summed E-state index contributed by atoms with van der Waals surface area (Å²) < 4.78 is 5.12. The average Bonchev–Trinajstić information content (AvgIpc) is 3.00. The van der Waals surface area contributed by atoms with Crippen LogP contribution in [0.4, 0.5) is 0 Å². The van der Waals surface area contributed by atoms with Gasteiger partial charge in [-0.15, -0.1) is 0 Å². The average molecular weight is 356 g/mol. The maximum atomic E-state index is 12.4. The molecule has 1 aromatic carbocycles. The summed E-state index contributed by atoms with van der Waals surface area (Å²) in [6.07, 6.45) is 5.40. The van der Waals surface area contributed by atoms with E-state index in [2.05, 4.69) is 55.3 Å². The molecule has 2 heterocycles. The fourth-order valence-electron chi connectivity index (χ4n) is 5.30. The lowest BCUT2D eigenvalue weighted by Crippen LogP contribution is -3.02. The molecule has 0 radical (unpaired) electrons. The normalized spacial score (nSPS) is 28.9. The van der Waals surface area contributed by atoms with Crippen molar-refractivity contribution in [2.45, 2.75) is 64.5 Å². The molecular weight excluding hydrogens is 324 g/mol. The number of benzene rings is 1. The van der Waals surface area contributed by atoms with Crippen LogP contribution in [0.25, 0.3) is 10.9 Å². The van der Waals surface area contributed by atoms with E-state index in [1.54, 1.807) is 0 Å². The monoisotopic (exact) mass is 355 g/mol. The number of hydrogen-bond donors (Lipinski definition) is 2. The summed E-state index contributed by atoms with van der Waals surface area (Å²) in [4.78, 5) is 16.1. The Morgan fingerprint density at radius 1 is 1.23 bits per heavy atom. The van der Waals surface area contributed by atoms with Crippen LogP contribution in [0.3, 0.4) is 0 Å². The Morgan fingerprint density at radius 2 is 1.92 bits per heavy atom. The number of quaternary nitrogens is 1. The summed E-state index contributed by atoms with van der Waals surface area (Å²) in [6.45, 7) is 7.06. The number of hydrogen-bond acceptors (Lipinski definition) is 2. The molecule has 26 heavy (non-hydrogen) atoms. The highest BCUT2D eigenvalue weighted by Gasteiger charge is 2.51. The molecule has 2 aliphatic rings. The van der Waals surface area contributed by atoms with E-state index in [4.69, 9.17) is 4.74 Å². The van der Waals surface area contributed by atoms with Gasteiger partial charge in [0, 0.05) is 30.2 Å². The lowest BCUT2D eigenvalue weighted by molar-refractivity contribution is -0.764. The molecule has 4 nitrogen and oxygen atoms in total. The Hall–Kier alpha value is -1.81. The number of ether oxygens (including phenoxy) is 1. The summed E-state index contributed by atoms with van der Waals surface area (Å²) in [5, 5.41) is 3.58. The Morgan fingerprint density at radius 3 is 2.58 bits per heavy atom. The summed E-state index contributed by atoms with van der Waals surface area (Å²) in [6, 6.07) is 8.35. The van der Waals surface area contributed by atoms with Crippen molar-refractivity contribution in [3.05, 3.63) is 35.5 Å². The van der Waals surface area contributed by atoms with Crippen LogP contribution in [0.15, 0.2) is 24.3 Å². The largest absolute Gasteiger partial charge is 0.465 e. The van der Waals surface area contributed by atoms with E-state index in [1.807, 2.05) is 0 Å². The SMILES string of the molecule is COC(=O)[C@@H]1Cc2c([nH]c3ccccc23)C2(CCC(C(C)(C)C)CC2)[NH2+]1. The molecular formula is C22H31N2O2+. The molecule has 0 bridgehead atoms. The molecule has 1 aromatic heterocycles. The first kappa shape index (κ1) is 17.6. The molecule has 1 aliphatic carbocycles. The zero-order chi connectivity index (χ0) is 18.5. The number of nitrogens with two attached hydrogens (primary N) is 1. The summed E-state index contributed by atoms with van der Waals surface area (Å²) in [5.74, 6) is 0.645. The minimum absolute atomic E-state index is 0.0206. The van der Waals surface area contributed by atoms with Crippen molar-refractivity contribution in [3.63, 3.8) is 0 Å². The maximum Gasteiger partial charge on any atom is 0.364 e. The van der Waals surface area contributed by atoms with E-state index in [9.17, 15) is 4.79 Å². The molecule has 1 spiro atoms. The third-order valence-corrected chi connectivity index (χ3v) is 6.86. The number of nitrogens with one attached hydrogen (secondary N) is 1. The highest BCUT2D eigenvalue weighted by Crippen LogP contribution is 2.46. The predicted molar refractivity (Wildman–Crippen MR) is 103 cm³/mol. The van der Waals surface area contributed by atoms with E-state index in [0.29, 0.717) is 5.41 Å². The Labute approximate surface area is 155 Å². The topological polar surface area (TPSA) is 58.7 Å². The van der Waals surface area contributed by atoms with Gasteiger partial charge in [-0.1, -0.05) is 39.0 Å². The molecule has 1 aliphatic heterocycles. The second-order valence-corrected chi connectivity index (χ2v) is 9.32. The molecule has 140 valence electrons. The predicted octanol–water partition coefficient (Wildman–Crippen LogP) is 3.26. The van der Waals surface area contributed by atoms with Gasteiger partial charge in [0.25, 0.3) is 0 Å². The number of methoxy groups -OCH3 is 1. The Bertz CT molecular complexity index is 822. The number of carbonyl (C=O) groups is 1. The van der Waals surface area contributed by atoms with Gasteiger partial charge in [-0.25, -0.2) is 4.79 Å². The second kappa shape index (κ2) is 6.12. The highest BCUT2D eigenvalue weighted by molar-refractivity contribution is 5.86. The quantitative estimate of drug-likeness (QED) is 0.772. The first-order chi connectivity index (χ1) is 12.3. The zero-order valence-corrected chi connectivity index (χ0v) is 16.4. The van der Waals surface area contributed by atoms with E-state index in [-0.39, 0.29) is 17.6 Å². The molecule has 1 fully saturated rings. The van der Waals surface area contributed by atoms with Crippen LogP contribution in [-0.2, 0) is 21.5 Å². The van der Waals surface area contributed by atoms with Crippen LogP contribution in [0.2, 0.25) is 0 Å². The molecule has 3 N–H and O–H groups in total. The van der Waals surface area contributed by atoms with Crippen LogP contribution in [0.1, 0.15) is 57.7 Å². The van der Waals surface area contributed by atoms with Crippen molar-refractivity contribution in [1.29, 1.82) is 0 Å². The second-order valence-electron chi connectivity index (χ2n) is 9.32. The van der Waals surface area contributed by atoms with Gasteiger partial charge in [0.05, 0.1) is 12.8 Å². The first-order valence-electron chi connectivity index (χ1n) is 9.88. The minimum Gasteiger partial charge on any atom is -0.465 e. The van der Waals surface area contributed by atoms with E-state index < -0.39 is 0 Å². The maximum absolute atomic E-state index is 12.4. The zero-order valence-electron chi connectivity index (χ0n) is 16.4. The minimum atomic E-state index is -0.141. The number of rotatable bonds is 1. The van der Waals surface area contributed by atoms with Crippen molar-refractivity contribution in [1.82, 2.24) is 4.98 Å². The number of H-pyrrole nitrogens is 1. The lowest BCUT2D eigenvalue weighted by Gasteiger charge is -2.45. The molecule has 0 unspecified atom stereocenters. The van der Waals surface area contributed by atoms with Gasteiger partial charge in [-0.05, 0) is 35.8 Å². The molecule has 2 aromatic rings. The van der Waals surface area contributed by atoms with Crippen molar-refractivity contribution >= 4 is 16.9 Å². The first-order valence-corrected chi connectivity index (χ1v) is 9.88. The van der Waals surface area contributed by atoms with Gasteiger partial charge in [0.15, 0.2) is 6.04 Å². The molecule has 1 saturated carbocycles. The fourth-order valence-corrected chi connectivity index (χ4v) is 5.30. The Balaban J connectivity index is 1.76. The standard InChI is InChI=1S/C22H30N2O2/c1-21(2,3)14-9-11-22(12-10-14)19-16(13-18(24-22)20(25)26-4)15-7-5-6-8-17(15)23-19/h5-8,14,18,23-24H,9-13H2,1-4H3/p+1/t14?,18-,22?/m0/s1. The van der Waals surface area contributed by atoms with Crippen LogP contribution in [-0.4, -0.2) is 24.1 Å².